The molecule has 0 spiro atoms. The molecule has 0 aliphatic heterocycles. The Bertz CT molecular complexity index is 3290. The lowest BCUT2D eigenvalue weighted by atomic mass is 10.0. The zero-order chi connectivity index (χ0) is 39.7. The standard InChI is InChI=1S/C53H36N6/c1-34(36-18-20-38(21-19-36)37-10-4-3-5-11-37)58-53(46-15-7-14-43(29-46)48-31-45-25-23-40-17-9-27-55-50(40)52(45)57-33-48)59-35(2)41-12-6-13-42(28-41)47-30-44-24-22-39-16-8-26-54-49(39)51(44)56-32-47/h3-33H,2H2,1H3/b58-34+,59-53-. The number of pyridine rings is 4. The van der Waals surface area contributed by atoms with Crippen molar-refractivity contribution in [1.82, 2.24) is 19.9 Å². The van der Waals surface area contributed by atoms with E-state index in [-0.39, 0.29) is 0 Å². The van der Waals surface area contributed by atoms with Gasteiger partial charge in [0.15, 0.2) is 5.84 Å². The van der Waals surface area contributed by atoms with Gasteiger partial charge in [-0.05, 0) is 71.1 Å². The highest BCUT2D eigenvalue weighted by Crippen LogP contribution is 2.31. The molecule has 6 aromatic carbocycles. The van der Waals surface area contributed by atoms with Crippen molar-refractivity contribution in [3.8, 4) is 33.4 Å². The summed E-state index contributed by atoms with van der Waals surface area (Å²) >= 11 is 0. The van der Waals surface area contributed by atoms with Crippen LogP contribution in [-0.4, -0.2) is 31.5 Å². The fourth-order valence-electron chi connectivity index (χ4n) is 7.61. The number of nitrogens with zero attached hydrogens (tertiary/aromatic N) is 6. The zero-order valence-electron chi connectivity index (χ0n) is 32.3. The molecule has 6 nitrogen and oxygen atoms in total. The molecule has 0 radical (unpaired) electrons. The van der Waals surface area contributed by atoms with Gasteiger partial charge in [0.05, 0.1) is 27.8 Å². The molecule has 0 N–H and O–H groups in total. The lowest BCUT2D eigenvalue weighted by Crippen LogP contribution is -2.04. The second-order valence-electron chi connectivity index (χ2n) is 14.6. The highest BCUT2D eigenvalue weighted by atomic mass is 14.9. The van der Waals surface area contributed by atoms with Crippen LogP contribution in [0.5, 0.6) is 0 Å². The summed E-state index contributed by atoms with van der Waals surface area (Å²) in [7, 11) is 0. The first kappa shape index (κ1) is 35.5. The first-order valence-electron chi connectivity index (χ1n) is 19.5. The summed E-state index contributed by atoms with van der Waals surface area (Å²) in [5, 5.41) is 4.20. The molecule has 6 heteroatoms. The SMILES string of the molecule is C=C(/N=C(\N=C(/C)c1ccc(-c2ccccc2)cc1)c1cccc(-c2cnc3c(ccc4cccnc43)c2)c1)c1cccc(-c2cnc3c(ccc4cccnc43)c2)c1. The molecule has 0 saturated heterocycles. The second kappa shape index (κ2) is 15.2. The maximum Gasteiger partial charge on any atom is 0.160 e. The zero-order valence-corrected chi connectivity index (χ0v) is 32.3. The predicted molar refractivity (Wildman–Crippen MR) is 245 cm³/mol. The number of aliphatic imine (C=N–C) groups is 2. The van der Waals surface area contributed by atoms with E-state index in [1.54, 1.807) is 0 Å². The molecule has 10 aromatic rings. The lowest BCUT2D eigenvalue weighted by molar-refractivity contribution is 1.37. The lowest BCUT2D eigenvalue weighted by Gasteiger charge is -2.11. The van der Waals surface area contributed by atoms with Crippen LogP contribution in [0.4, 0.5) is 0 Å². The molecule has 0 atom stereocenters. The van der Waals surface area contributed by atoms with E-state index in [1.165, 1.54) is 5.56 Å². The van der Waals surface area contributed by atoms with Crippen molar-refractivity contribution in [2.24, 2.45) is 9.98 Å². The minimum absolute atomic E-state index is 0.558. The Labute approximate surface area is 341 Å². The fraction of sp³-hybridized carbons (Fsp3) is 0.0189. The Balaban J connectivity index is 1.03. The van der Waals surface area contributed by atoms with Crippen LogP contribution < -0.4 is 0 Å². The molecule has 0 unspecified atom stereocenters. The molecule has 4 heterocycles. The van der Waals surface area contributed by atoms with Gasteiger partial charge in [0, 0.05) is 74.3 Å². The van der Waals surface area contributed by atoms with Crippen LogP contribution >= 0.6 is 0 Å². The first-order chi connectivity index (χ1) is 29.0. The number of rotatable bonds is 7. The molecule has 10 rings (SSSR count). The van der Waals surface area contributed by atoms with E-state index in [0.29, 0.717) is 11.5 Å². The Kier molecular flexibility index (Phi) is 9.12. The van der Waals surface area contributed by atoms with Crippen LogP contribution in [0.15, 0.2) is 205 Å². The summed E-state index contributed by atoms with van der Waals surface area (Å²) in [6, 6.07) is 56.2. The minimum atomic E-state index is 0.558. The van der Waals surface area contributed by atoms with Crippen LogP contribution in [0, 0.1) is 0 Å². The molecule has 59 heavy (non-hydrogen) atoms. The van der Waals surface area contributed by atoms with Gasteiger partial charge in [-0.1, -0.05) is 134 Å². The number of benzene rings is 6. The number of fused-ring (bicyclic) bond motifs is 6. The topological polar surface area (TPSA) is 76.3 Å². The number of amidine groups is 1. The highest BCUT2D eigenvalue weighted by molar-refractivity contribution is 6.13. The van der Waals surface area contributed by atoms with Crippen molar-refractivity contribution >= 4 is 60.9 Å². The first-order valence-corrected chi connectivity index (χ1v) is 19.5. The summed E-state index contributed by atoms with van der Waals surface area (Å²) in [4.78, 5) is 29.3. The molecule has 0 aliphatic carbocycles. The average Bonchev–Trinajstić information content (AvgIpc) is 3.31. The molecular weight excluding hydrogens is 721 g/mol. The van der Waals surface area contributed by atoms with Gasteiger partial charge < -0.3 is 0 Å². The molecule has 0 fully saturated rings. The van der Waals surface area contributed by atoms with E-state index in [4.69, 9.17) is 20.0 Å². The summed E-state index contributed by atoms with van der Waals surface area (Å²) in [6.45, 7) is 6.50. The van der Waals surface area contributed by atoms with Crippen molar-refractivity contribution in [3.63, 3.8) is 0 Å². The minimum Gasteiger partial charge on any atom is -0.254 e. The third kappa shape index (κ3) is 7.04. The summed E-state index contributed by atoms with van der Waals surface area (Å²) in [5.41, 5.74) is 14.1. The van der Waals surface area contributed by atoms with Crippen LogP contribution in [0.25, 0.3) is 82.7 Å². The Morgan fingerprint density at radius 1 is 0.390 bits per heavy atom. The monoisotopic (exact) mass is 756 g/mol. The number of hydrogen-bond acceptors (Lipinski definition) is 5. The van der Waals surface area contributed by atoms with E-state index in [9.17, 15) is 0 Å². The molecule has 0 amide bonds. The molecule has 4 aromatic heterocycles. The summed E-state index contributed by atoms with van der Waals surface area (Å²) < 4.78 is 0. The van der Waals surface area contributed by atoms with E-state index in [0.717, 1.165) is 93.8 Å². The quantitative estimate of drug-likeness (QED) is 0.0922. The van der Waals surface area contributed by atoms with Crippen molar-refractivity contribution in [2.75, 3.05) is 0 Å². The fourth-order valence-corrected chi connectivity index (χ4v) is 7.61. The van der Waals surface area contributed by atoms with E-state index < -0.39 is 0 Å². The summed E-state index contributed by atoms with van der Waals surface area (Å²) in [5.74, 6) is 0.558. The van der Waals surface area contributed by atoms with Crippen LogP contribution in [0.2, 0.25) is 0 Å². The molecule has 0 aliphatic rings. The third-order valence-electron chi connectivity index (χ3n) is 10.8. The normalized spacial score (nSPS) is 12.1. The van der Waals surface area contributed by atoms with Crippen molar-refractivity contribution in [2.45, 2.75) is 6.92 Å². The van der Waals surface area contributed by atoms with Gasteiger partial charge in [-0.15, -0.1) is 0 Å². The smallest absolute Gasteiger partial charge is 0.160 e. The second-order valence-corrected chi connectivity index (χ2v) is 14.6. The Morgan fingerprint density at radius 3 is 1.51 bits per heavy atom. The Morgan fingerprint density at radius 2 is 0.898 bits per heavy atom. The van der Waals surface area contributed by atoms with E-state index in [1.807, 2.05) is 74.2 Å². The maximum atomic E-state index is 5.21. The van der Waals surface area contributed by atoms with Gasteiger partial charge in [-0.25, -0.2) is 9.98 Å². The third-order valence-corrected chi connectivity index (χ3v) is 10.8. The maximum absolute atomic E-state index is 5.21. The predicted octanol–water partition coefficient (Wildman–Crippen LogP) is 12.8. The largest absolute Gasteiger partial charge is 0.254 e. The van der Waals surface area contributed by atoms with Crippen molar-refractivity contribution < 1.29 is 0 Å². The van der Waals surface area contributed by atoms with E-state index in [2.05, 4.69) is 138 Å². The Hall–Kier alpha value is -7.96. The van der Waals surface area contributed by atoms with Gasteiger partial charge >= 0.3 is 0 Å². The van der Waals surface area contributed by atoms with Gasteiger partial charge in [0.25, 0.3) is 0 Å². The van der Waals surface area contributed by atoms with Gasteiger partial charge in [-0.3, -0.25) is 19.9 Å². The van der Waals surface area contributed by atoms with Crippen LogP contribution in [-0.2, 0) is 0 Å². The van der Waals surface area contributed by atoms with Crippen LogP contribution in [0.1, 0.15) is 23.6 Å². The van der Waals surface area contributed by atoms with Gasteiger partial charge in [-0.2, -0.15) is 0 Å². The van der Waals surface area contributed by atoms with E-state index >= 15 is 0 Å². The van der Waals surface area contributed by atoms with Crippen molar-refractivity contribution in [1.29, 1.82) is 0 Å². The van der Waals surface area contributed by atoms with Crippen LogP contribution in [0.3, 0.4) is 0 Å². The number of aromatic nitrogens is 4. The molecular formula is C53H36N6. The molecule has 278 valence electrons. The van der Waals surface area contributed by atoms with Gasteiger partial charge in [0.1, 0.15) is 0 Å². The molecule has 0 saturated carbocycles. The average molecular weight is 757 g/mol. The molecule has 0 bridgehead atoms. The van der Waals surface area contributed by atoms with Crippen molar-refractivity contribution in [3.05, 3.63) is 212 Å². The number of hydrogen-bond donors (Lipinski definition) is 0. The van der Waals surface area contributed by atoms with Gasteiger partial charge in [0.2, 0.25) is 0 Å². The highest BCUT2D eigenvalue weighted by Gasteiger charge is 2.13. The summed E-state index contributed by atoms with van der Waals surface area (Å²) in [6.07, 6.45) is 7.45.